The highest BCUT2D eigenvalue weighted by atomic mass is 19.1. The lowest BCUT2D eigenvalue weighted by atomic mass is 9.84. The number of hydrogen-bond donors (Lipinski definition) is 4. The predicted molar refractivity (Wildman–Crippen MR) is 145 cm³/mol. The minimum Gasteiger partial charge on any atom is -0.374 e. The van der Waals surface area contributed by atoms with Gasteiger partial charge in [-0.1, -0.05) is 18.6 Å². The number of anilines is 1. The lowest BCUT2D eigenvalue weighted by molar-refractivity contribution is 0.0851. The molecule has 5 heterocycles. The zero-order chi connectivity index (χ0) is 25.6. The van der Waals surface area contributed by atoms with E-state index in [0.717, 1.165) is 62.9 Å². The van der Waals surface area contributed by atoms with E-state index < -0.39 is 6.23 Å². The average molecular weight is 506 g/mol. The summed E-state index contributed by atoms with van der Waals surface area (Å²) in [5, 5.41) is 22.8. The third-order valence-electron chi connectivity index (χ3n) is 7.33. The number of aromatic nitrogens is 6. The summed E-state index contributed by atoms with van der Waals surface area (Å²) < 4.78 is 13.9. The van der Waals surface area contributed by atoms with Crippen LogP contribution < -0.4 is 5.32 Å². The summed E-state index contributed by atoms with van der Waals surface area (Å²) >= 11 is 0. The van der Waals surface area contributed by atoms with E-state index in [0.29, 0.717) is 11.3 Å². The number of aliphatic hydroxyl groups is 1. The first kappa shape index (κ1) is 22.6. The topological polar surface area (TPSA) is 115 Å². The minimum atomic E-state index is -0.574. The van der Waals surface area contributed by atoms with Gasteiger partial charge in [-0.05, 0) is 60.4 Å². The fourth-order valence-electron chi connectivity index (χ4n) is 5.05. The number of aliphatic hydroxyl groups excluding tert-OH is 1. The van der Waals surface area contributed by atoms with E-state index in [1.807, 2.05) is 30.3 Å². The normalized spacial score (nSPS) is 14.6. The van der Waals surface area contributed by atoms with Crippen LogP contribution in [0.3, 0.4) is 0 Å². The third kappa shape index (κ3) is 3.97. The second-order valence-corrected chi connectivity index (χ2v) is 9.75. The van der Waals surface area contributed by atoms with Gasteiger partial charge in [-0.3, -0.25) is 10.1 Å². The monoisotopic (exact) mass is 505 g/mol. The number of nitrogens with zero attached hydrogens (tertiary/aromatic N) is 4. The van der Waals surface area contributed by atoms with Gasteiger partial charge in [0, 0.05) is 46.4 Å². The molecule has 38 heavy (non-hydrogen) atoms. The van der Waals surface area contributed by atoms with Gasteiger partial charge in [-0.25, -0.2) is 14.4 Å². The Balaban J connectivity index is 1.26. The van der Waals surface area contributed by atoms with E-state index >= 15 is 0 Å². The van der Waals surface area contributed by atoms with E-state index in [9.17, 15) is 9.50 Å². The Morgan fingerprint density at radius 2 is 1.84 bits per heavy atom. The van der Waals surface area contributed by atoms with Crippen molar-refractivity contribution in [3.05, 3.63) is 79.1 Å². The predicted octanol–water partition coefficient (Wildman–Crippen LogP) is 5.90. The molecule has 7 rings (SSSR count). The van der Waals surface area contributed by atoms with Crippen LogP contribution in [0.25, 0.3) is 55.7 Å². The SMILES string of the molecule is OC(Nc1cncc(-c2cnc3n[nH]c(-c4cc5c(-c6cccc(F)c6)ccnc5[nH]4)c3c2)c1)C1CCC1. The first-order valence-electron chi connectivity index (χ1n) is 12.6. The van der Waals surface area contributed by atoms with Crippen LogP contribution in [-0.2, 0) is 0 Å². The fraction of sp³-hybridized carbons (Fsp3) is 0.172. The molecule has 4 N–H and O–H groups in total. The van der Waals surface area contributed by atoms with E-state index in [1.165, 1.54) is 18.6 Å². The van der Waals surface area contributed by atoms with Crippen LogP contribution in [0, 0.1) is 11.7 Å². The molecule has 5 aromatic heterocycles. The van der Waals surface area contributed by atoms with Crippen LogP contribution in [-0.4, -0.2) is 41.5 Å². The zero-order valence-corrected chi connectivity index (χ0v) is 20.3. The molecule has 0 saturated heterocycles. The molecule has 1 saturated carbocycles. The molecule has 1 aromatic carbocycles. The smallest absolute Gasteiger partial charge is 0.181 e. The van der Waals surface area contributed by atoms with Crippen LogP contribution in [0.5, 0.6) is 0 Å². The largest absolute Gasteiger partial charge is 0.374 e. The summed E-state index contributed by atoms with van der Waals surface area (Å²) in [4.78, 5) is 16.8. The number of hydrogen-bond acceptors (Lipinski definition) is 6. The highest BCUT2D eigenvalue weighted by molar-refractivity contribution is 5.99. The van der Waals surface area contributed by atoms with Crippen molar-refractivity contribution in [2.75, 3.05) is 5.32 Å². The van der Waals surface area contributed by atoms with Crippen LogP contribution in [0.2, 0.25) is 0 Å². The van der Waals surface area contributed by atoms with Gasteiger partial charge in [0.2, 0.25) is 0 Å². The molecule has 1 aliphatic carbocycles. The number of nitrogens with one attached hydrogen (secondary N) is 3. The van der Waals surface area contributed by atoms with Gasteiger partial charge >= 0.3 is 0 Å². The van der Waals surface area contributed by atoms with Crippen molar-refractivity contribution in [1.82, 2.24) is 30.1 Å². The number of H-pyrrole nitrogens is 2. The quantitative estimate of drug-likeness (QED) is 0.210. The second kappa shape index (κ2) is 9.04. The fourth-order valence-corrected chi connectivity index (χ4v) is 5.05. The van der Waals surface area contributed by atoms with Crippen molar-refractivity contribution in [1.29, 1.82) is 0 Å². The molecular formula is C29H24FN7O. The van der Waals surface area contributed by atoms with Crippen molar-refractivity contribution < 1.29 is 9.50 Å². The molecule has 1 atom stereocenters. The summed E-state index contributed by atoms with van der Waals surface area (Å²) in [5.74, 6) is 0.00471. The summed E-state index contributed by atoms with van der Waals surface area (Å²) in [6.45, 7) is 0. The Morgan fingerprint density at radius 1 is 0.947 bits per heavy atom. The molecule has 1 aliphatic rings. The minimum absolute atomic E-state index is 0.285. The second-order valence-electron chi connectivity index (χ2n) is 9.75. The number of halogens is 1. The van der Waals surface area contributed by atoms with Gasteiger partial charge in [0.1, 0.15) is 17.7 Å². The standard InChI is InChI=1S/C29H24FN7O/c30-20-6-2-5-17(9-20)22-7-8-32-27-23(22)12-25(35-27)26-24-11-19(14-33-28(24)37-36-26)18-10-21(15-31-13-18)34-29(38)16-3-1-4-16/h2,5-16,29,34,38H,1,3-4H2,(H,32,35)(H,33,36,37). The third-order valence-corrected chi connectivity index (χ3v) is 7.33. The number of rotatable bonds is 6. The summed E-state index contributed by atoms with van der Waals surface area (Å²) in [7, 11) is 0. The van der Waals surface area contributed by atoms with Gasteiger partial charge in [0.05, 0.1) is 23.3 Å². The van der Waals surface area contributed by atoms with Crippen LogP contribution in [0.1, 0.15) is 19.3 Å². The molecule has 0 aliphatic heterocycles. The number of pyridine rings is 3. The van der Waals surface area contributed by atoms with Crippen molar-refractivity contribution in [2.45, 2.75) is 25.5 Å². The molecule has 9 heteroatoms. The van der Waals surface area contributed by atoms with Crippen LogP contribution in [0.15, 0.2) is 73.3 Å². The molecule has 188 valence electrons. The van der Waals surface area contributed by atoms with Crippen molar-refractivity contribution in [3.8, 4) is 33.6 Å². The van der Waals surface area contributed by atoms with Gasteiger partial charge in [-0.15, -0.1) is 0 Å². The number of fused-ring (bicyclic) bond motifs is 2. The highest BCUT2D eigenvalue weighted by Gasteiger charge is 2.25. The van der Waals surface area contributed by atoms with E-state index in [4.69, 9.17) is 0 Å². The molecule has 1 unspecified atom stereocenters. The van der Waals surface area contributed by atoms with E-state index in [2.05, 4.69) is 35.5 Å². The Bertz CT molecular complexity index is 1790. The lowest BCUT2D eigenvalue weighted by Crippen LogP contribution is -2.33. The number of aromatic amines is 2. The van der Waals surface area contributed by atoms with Crippen LogP contribution in [0.4, 0.5) is 10.1 Å². The maximum absolute atomic E-state index is 13.9. The van der Waals surface area contributed by atoms with Gasteiger partial charge in [0.15, 0.2) is 5.65 Å². The van der Waals surface area contributed by atoms with Gasteiger partial charge < -0.3 is 15.4 Å². The first-order chi connectivity index (χ1) is 18.6. The molecule has 0 amide bonds. The lowest BCUT2D eigenvalue weighted by Gasteiger charge is -2.31. The molecular weight excluding hydrogens is 481 g/mol. The summed E-state index contributed by atoms with van der Waals surface area (Å²) in [5.41, 5.74) is 7.05. The zero-order valence-electron chi connectivity index (χ0n) is 20.3. The first-order valence-corrected chi connectivity index (χ1v) is 12.6. The molecule has 6 aromatic rings. The van der Waals surface area contributed by atoms with Gasteiger partial charge in [0.25, 0.3) is 0 Å². The molecule has 0 spiro atoms. The Morgan fingerprint density at radius 3 is 2.68 bits per heavy atom. The van der Waals surface area contributed by atoms with Crippen LogP contribution >= 0.6 is 0 Å². The maximum atomic E-state index is 13.9. The highest BCUT2D eigenvalue weighted by Crippen LogP contribution is 2.35. The molecule has 0 radical (unpaired) electrons. The molecule has 8 nitrogen and oxygen atoms in total. The van der Waals surface area contributed by atoms with E-state index in [1.54, 1.807) is 30.9 Å². The Kier molecular flexibility index (Phi) is 5.36. The summed E-state index contributed by atoms with van der Waals surface area (Å²) in [6, 6.07) is 14.4. The van der Waals surface area contributed by atoms with Crippen molar-refractivity contribution >= 4 is 27.8 Å². The Labute approximate surface area is 217 Å². The van der Waals surface area contributed by atoms with Gasteiger partial charge in [-0.2, -0.15) is 5.10 Å². The molecule has 0 bridgehead atoms. The van der Waals surface area contributed by atoms with E-state index in [-0.39, 0.29) is 11.7 Å². The Hall–Kier alpha value is -4.63. The summed E-state index contributed by atoms with van der Waals surface area (Å²) in [6.07, 6.45) is 9.65. The number of benzene rings is 1. The maximum Gasteiger partial charge on any atom is 0.181 e. The van der Waals surface area contributed by atoms with Crippen molar-refractivity contribution in [3.63, 3.8) is 0 Å². The average Bonchev–Trinajstić information content (AvgIpc) is 3.51. The van der Waals surface area contributed by atoms with Crippen molar-refractivity contribution in [2.24, 2.45) is 5.92 Å². The molecule has 1 fully saturated rings.